The van der Waals surface area contributed by atoms with E-state index in [9.17, 15) is 26.4 Å². The van der Waals surface area contributed by atoms with Crippen molar-refractivity contribution in [1.82, 2.24) is 5.16 Å². The van der Waals surface area contributed by atoms with Gasteiger partial charge in [0.2, 0.25) is 0 Å². The van der Waals surface area contributed by atoms with Crippen LogP contribution in [0.2, 0.25) is 0 Å². The number of rotatable bonds is 7. The van der Waals surface area contributed by atoms with E-state index >= 15 is 0 Å². The summed E-state index contributed by atoms with van der Waals surface area (Å²) < 4.78 is 77.4. The van der Waals surface area contributed by atoms with Crippen LogP contribution in [0.1, 0.15) is 17.4 Å². The van der Waals surface area contributed by atoms with E-state index in [2.05, 4.69) is 14.6 Å². The number of carbonyl (C=O) groups is 1. The minimum absolute atomic E-state index is 0.0451. The summed E-state index contributed by atoms with van der Waals surface area (Å²) in [5.74, 6) is -0.971. The first-order valence-electron chi connectivity index (χ1n) is 8.20. The predicted octanol–water partition coefficient (Wildman–Crippen LogP) is 4.28. The molecule has 0 atom stereocenters. The Hall–Kier alpha value is -3.06. The van der Waals surface area contributed by atoms with Crippen LogP contribution < -0.4 is 9.46 Å². The summed E-state index contributed by atoms with van der Waals surface area (Å²) in [5, 5.41) is 3.58. The minimum Gasteiger partial charge on any atom is -0.461 e. The van der Waals surface area contributed by atoms with E-state index in [0.717, 1.165) is 35.6 Å². The van der Waals surface area contributed by atoms with Crippen molar-refractivity contribution in [2.45, 2.75) is 17.5 Å². The second-order valence-corrected chi connectivity index (χ2v) is 8.59. The Labute approximate surface area is 172 Å². The first-order valence-corrected chi connectivity index (χ1v) is 10.5. The smallest absolute Gasteiger partial charge is 0.461 e. The number of thiophene rings is 1. The molecule has 2 aromatic heterocycles. The number of nitrogens with zero attached hydrogens (tertiary/aromatic N) is 1. The average molecular weight is 462 g/mol. The maximum Gasteiger partial charge on any atom is 0.573 e. The number of carbonyl (C=O) groups excluding carboxylic acids is 1. The van der Waals surface area contributed by atoms with Crippen LogP contribution in [0.3, 0.4) is 0 Å². The van der Waals surface area contributed by atoms with E-state index in [1.165, 1.54) is 18.2 Å². The SMILES string of the molecule is CCOC(=O)c1cc(-c2ccc(S(=O)(=O)Nc3ccc(OC(F)(F)F)cc3)s2)on1. The van der Waals surface area contributed by atoms with Crippen LogP contribution in [0.5, 0.6) is 5.75 Å². The Morgan fingerprint density at radius 1 is 1.20 bits per heavy atom. The summed E-state index contributed by atoms with van der Waals surface area (Å²) in [6.07, 6.45) is -4.84. The van der Waals surface area contributed by atoms with Gasteiger partial charge in [-0.25, -0.2) is 13.2 Å². The van der Waals surface area contributed by atoms with Gasteiger partial charge in [-0.2, -0.15) is 0 Å². The summed E-state index contributed by atoms with van der Waals surface area (Å²) >= 11 is 0.852. The number of nitrogens with one attached hydrogen (secondary N) is 1. The van der Waals surface area contributed by atoms with Gasteiger partial charge in [-0.3, -0.25) is 4.72 Å². The lowest BCUT2D eigenvalue weighted by molar-refractivity contribution is -0.274. The highest BCUT2D eigenvalue weighted by atomic mass is 32.2. The van der Waals surface area contributed by atoms with Crippen molar-refractivity contribution in [3.63, 3.8) is 0 Å². The molecule has 1 N–H and O–H groups in total. The molecule has 0 unspecified atom stereocenters. The van der Waals surface area contributed by atoms with Gasteiger partial charge in [0.25, 0.3) is 10.0 Å². The zero-order valence-corrected chi connectivity index (χ0v) is 16.7. The number of halogens is 3. The Morgan fingerprint density at radius 2 is 1.90 bits per heavy atom. The fourth-order valence-electron chi connectivity index (χ4n) is 2.22. The Bertz CT molecular complexity index is 1140. The number of anilines is 1. The Morgan fingerprint density at radius 3 is 2.53 bits per heavy atom. The molecule has 3 aromatic rings. The quantitative estimate of drug-likeness (QED) is 0.522. The highest BCUT2D eigenvalue weighted by molar-refractivity contribution is 7.94. The van der Waals surface area contributed by atoms with E-state index in [1.807, 2.05) is 0 Å². The van der Waals surface area contributed by atoms with Crippen molar-refractivity contribution < 1.29 is 40.4 Å². The fraction of sp³-hybridized carbons (Fsp3) is 0.176. The number of benzene rings is 1. The van der Waals surface area contributed by atoms with Crippen LogP contribution in [0.4, 0.5) is 18.9 Å². The first kappa shape index (κ1) is 21.6. The Kier molecular flexibility index (Phi) is 6.03. The molecule has 2 heterocycles. The van der Waals surface area contributed by atoms with Crippen LogP contribution in [0.15, 0.2) is 51.2 Å². The van der Waals surface area contributed by atoms with Crippen molar-refractivity contribution in [2.24, 2.45) is 0 Å². The number of alkyl halides is 3. The maximum absolute atomic E-state index is 12.5. The van der Waals surface area contributed by atoms with E-state index in [4.69, 9.17) is 9.26 Å². The third-order valence-electron chi connectivity index (χ3n) is 3.42. The molecule has 0 aliphatic heterocycles. The van der Waals surface area contributed by atoms with Gasteiger partial charge in [-0.15, -0.1) is 24.5 Å². The third kappa shape index (κ3) is 5.30. The van der Waals surface area contributed by atoms with Crippen LogP contribution in [-0.2, 0) is 14.8 Å². The molecule has 0 saturated carbocycles. The van der Waals surface area contributed by atoms with Gasteiger partial charge >= 0.3 is 12.3 Å². The minimum atomic E-state index is -4.84. The van der Waals surface area contributed by atoms with Crippen molar-refractivity contribution in [3.05, 3.63) is 48.2 Å². The first-order chi connectivity index (χ1) is 14.1. The molecule has 0 spiro atoms. The van der Waals surface area contributed by atoms with Crippen molar-refractivity contribution in [2.75, 3.05) is 11.3 Å². The number of aromatic nitrogens is 1. The Balaban J connectivity index is 1.73. The largest absolute Gasteiger partial charge is 0.573 e. The predicted molar refractivity (Wildman–Crippen MR) is 99.7 cm³/mol. The summed E-state index contributed by atoms with van der Waals surface area (Å²) in [6.45, 7) is 1.80. The van der Waals surface area contributed by atoms with E-state index < -0.39 is 28.1 Å². The molecule has 0 fully saturated rings. The number of esters is 1. The number of hydrogen-bond acceptors (Lipinski definition) is 8. The number of hydrogen-bond donors (Lipinski definition) is 1. The highest BCUT2D eigenvalue weighted by Gasteiger charge is 2.31. The van der Waals surface area contributed by atoms with Crippen molar-refractivity contribution in [1.29, 1.82) is 0 Å². The molecule has 0 saturated heterocycles. The molecule has 8 nitrogen and oxygen atoms in total. The molecule has 0 aliphatic rings. The zero-order valence-electron chi connectivity index (χ0n) is 15.1. The molecule has 0 aliphatic carbocycles. The second-order valence-electron chi connectivity index (χ2n) is 5.59. The van der Waals surface area contributed by atoms with Crippen LogP contribution in [0.25, 0.3) is 10.6 Å². The third-order valence-corrected chi connectivity index (χ3v) is 6.40. The van der Waals surface area contributed by atoms with Crippen LogP contribution in [-0.4, -0.2) is 32.5 Å². The van der Waals surface area contributed by atoms with E-state index in [0.29, 0.717) is 4.88 Å². The molecule has 13 heteroatoms. The van der Waals surface area contributed by atoms with Gasteiger partial charge in [0.1, 0.15) is 9.96 Å². The highest BCUT2D eigenvalue weighted by Crippen LogP contribution is 2.32. The molecular formula is C17H13F3N2O6S2. The van der Waals surface area contributed by atoms with Gasteiger partial charge in [0, 0.05) is 11.8 Å². The van der Waals surface area contributed by atoms with Crippen LogP contribution >= 0.6 is 11.3 Å². The lowest BCUT2D eigenvalue weighted by Crippen LogP contribution is -2.17. The van der Waals surface area contributed by atoms with Gasteiger partial charge < -0.3 is 14.0 Å². The van der Waals surface area contributed by atoms with Crippen molar-refractivity contribution in [3.8, 4) is 16.4 Å². The zero-order chi connectivity index (χ0) is 21.9. The summed E-state index contributed by atoms with van der Waals surface area (Å²) in [5.41, 5.74) is -0.00677. The number of ether oxygens (including phenoxy) is 2. The fourth-order valence-corrected chi connectivity index (χ4v) is 4.53. The molecule has 0 radical (unpaired) electrons. The lowest BCUT2D eigenvalue weighted by Gasteiger charge is -2.10. The summed E-state index contributed by atoms with van der Waals surface area (Å²) in [7, 11) is -4.01. The molecule has 30 heavy (non-hydrogen) atoms. The van der Waals surface area contributed by atoms with Gasteiger partial charge in [0.15, 0.2) is 11.5 Å². The molecule has 0 amide bonds. The molecule has 3 rings (SSSR count). The van der Waals surface area contributed by atoms with Gasteiger partial charge in [0.05, 0.1) is 11.5 Å². The van der Waals surface area contributed by atoms with E-state index in [-0.39, 0.29) is 28.0 Å². The summed E-state index contributed by atoms with van der Waals surface area (Å²) in [4.78, 5) is 12.0. The number of sulfonamides is 1. The monoisotopic (exact) mass is 462 g/mol. The molecule has 160 valence electrons. The van der Waals surface area contributed by atoms with E-state index in [1.54, 1.807) is 6.92 Å². The average Bonchev–Trinajstić information content (AvgIpc) is 3.32. The lowest BCUT2D eigenvalue weighted by atomic mass is 10.3. The molecule has 1 aromatic carbocycles. The second kappa shape index (κ2) is 8.36. The van der Waals surface area contributed by atoms with Crippen LogP contribution in [0, 0.1) is 0 Å². The molecule has 0 bridgehead atoms. The normalized spacial score (nSPS) is 11.9. The van der Waals surface area contributed by atoms with Gasteiger partial charge in [-0.1, -0.05) is 5.16 Å². The standard InChI is InChI=1S/C17H13F3N2O6S2/c1-2-26-16(23)12-9-13(28-21-12)14-7-8-15(29-14)30(24,25)22-10-3-5-11(6-4-10)27-17(18,19)20/h3-9,22H,2H2,1H3. The maximum atomic E-state index is 12.5. The van der Waals surface area contributed by atoms with Crippen molar-refractivity contribution >= 4 is 33.0 Å². The topological polar surface area (TPSA) is 108 Å². The molecular weight excluding hydrogens is 449 g/mol. The summed E-state index contributed by atoms with van der Waals surface area (Å²) in [6, 6.07) is 8.34. The van der Waals surface area contributed by atoms with Gasteiger partial charge in [-0.05, 0) is 43.3 Å².